The van der Waals surface area contributed by atoms with E-state index < -0.39 is 5.97 Å². The van der Waals surface area contributed by atoms with E-state index in [9.17, 15) is 10.1 Å². The van der Waals surface area contributed by atoms with Crippen molar-refractivity contribution in [2.24, 2.45) is 5.92 Å². The van der Waals surface area contributed by atoms with Gasteiger partial charge in [-0.25, -0.2) is 9.64 Å². The van der Waals surface area contributed by atoms with Crippen molar-refractivity contribution in [1.29, 1.82) is 5.26 Å². The molecule has 1 N–H and O–H groups in total. The Bertz CT molecular complexity index is 759. The lowest BCUT2D eigenvalue weighted by Crippen LogP contribution is -2.23. The number of hydrogen-bond donors (Lipinski definition) is 1. The van der Waals surface area contributed by atoms with E-state index in [0.29, 0.717) is 22.5 Å². The Morgan fingerprint density at radius 2 is 2.05 bits per heavy atom. The van der Waals surface area contributed by atoms with Crippen LogP contribution in [0.4, 0.5) is 0 Å². The van der Waals surface area contributed by atoms with Crippen molar-refractivity contribution < 1.29 is 9.53 Å². The van der Waals surface area contributed by atoms with Crippen molar-refractivity contribution in [1.82, 2.24) is 5.32 Å². The van der Waals surface area contributed by atoms with Gasteiger partial charge in [-0.1, -0.05) is 19.1 Å². The van der Waals surface area contributed by atoms with Crippen LogP contribution in [0, 0.1) is 23.8 Å². The highest BCUT2D eigenvalue weighted by molar-refractivity contribution is 5.90. The molecule has 5 nitrogen and oxygen atoms in total. The summed E-state index contributed by atoms with van der Waals surface area (Å²) in [5, 5.41) is 12.3. The molecular formula is C17H15N3O2. The number of ether oxygens (including phenoxy) is 1. The molecule has 1 aromatic carbocycles. The van der Waals surface area contributed by atoms with Crippen molar-refractivity contribution in [3.63, 3.8) is 0 Å². The summed E-state index contributed by atoms with van der Waals surface area (Å²) < 4.78 is 4.67. The lowest BCUT2D eigenvalue weighted by atomic mass is 9.90. The second-order valence-corrected chi connectivity index (χ2v) is 4.94. The van der Waals surface area contributed by atoms with Crippen LogP contribution in [0.2, 0.25) is 0 Å². The maximum absolute atomic E-state index is 11.5. The highest BCUT2D eigenvalue weighted by Crippen LogP contribution is 2.33. The molecule has 0 spiro atoms. The molecule has 0 saturated heterocycles. The van der Waals surface area contributed by atoms with Crippen LogP contribution in [0.5, 0.6) is 0 Å². The summed E-state index contributed by atoms with van der Waals surface area (Å²) in [6.45, 7) is 11.1. The number of benzene rings is 1. The summed E-state index contributed by atoms with van der Waals surface area (Å²) in [4.78, 5) is 15.0. The van der Waals surface area contributed by atoms with E-state index in [2.05, 4.69) is 21.0 Å². The highest BCUT2D eigenvalue weighted by Gasteiger charge is 2.26. The number of nitriles is 1. The standard InChI is InChI=1S/C17H15N3O2/c1-10-14(9-18)11(2)20-16(15(10)19-3)12-5-7-13(8-6-12)17(21)22-4/h5-8,10,20H,1-2,4H3/t10-/m1/s1. The van der Waals surface area contributed by atoms with Gasteiger partial charge in [0.2, 0.25) is 0 Å². The highest BCUT2D eigenvalue weighted by atomic mass is 16.5. The number of esters is 1. The molecule has 0 aromatic heterocycles. The normalized spacial score (nSPS) is 17.4. The minimum Gasteiger partial charge on any atom is -0.465 e. The molecule has 1 heterocycles. The zero-order chi connectivity index (χ0) is 16.3. The summed E-state index contributed by atoms with van der Waals surface area (Å²) in [6, 6.07) is 8.98. The lowest BCUT2D eigenvalue weighted by Gasteiger charge is -2.25. The Morgan fingerprint density at radius 1 is 1.41 bits per heavy atom. The van der Waals surface area contributed by atoms with Crippen LogP contribution in [0.15, 0.2) is 41.2 Å². The number of carbonyl (C=O) groups excluding carboxylic acids is 1. The molecule has 22 heavy (non-hydrogen) atoms. The molecule has 5 heteroatoms. The topological polar surface area (TPSA) is 66.5 Å². The van der Waals surface area contributed by atoms with Crippen LogP contribution >= 0.6 is 0 Å². The van der Waals surface area contributed by atoms with Crippen LogP contribution in [-0.2, 0) is 4.74 Å². The largest absolute Gasteiger partial charge is 0.465 e. The van der Waals surface area contributed by atoms with Gasteiger partial charge >= 0.3 is 5.97 Å². The summed E-state index contributed by atoms with van der Waals surface area (Å²) in [7, 11) is 1.33. The molecule has 0 saturated carbocycles. The SMILES string of the molecule is [C-]#[N+]C1=C(c2ccc(C(=O)OC)cc2)NC(C)=C(C#N)[C@H]1C. The Balaban J connectivity index is 2.46. The Morgan fingerprint density at radius 3 is 2.55 bits per heavy atom. The first-order valence-corrected chi connectivity index (χ1v) is 6.71. The van der Waals surface area contributed by atoms with Gasteiger partial charge in [-0.2, -0.15) is 5.26 Å². The average Bonchev–Trinajstić information content (AvgIpc) is 2.54. The van der Waals surface area contributed by atoms with E-state index in [1.807, 2.05) is 13.8 Å². The van der Waals surface area contributed by atoms with E-state index in [1.165, 1.54) is 7.11 Å². The minimum absolute atomic E-state index is 0.251. The third-order valence-corrected chi connectivity index (χ3v) is 3.65. The van der Waals surface area contributed by atoms with Gasteiger partial charge in [-0.05, 0) is 24.6 Å². The molecule has 1 aliphatic heterocycles. The summed E-state index contributed by atoms with van der Waals surface area (Å²) in [6.07, 6.45) is 0. The molecule has 2 rings (SSSR count). The first-order valence-electron chi connectivity index (χ1n) is 6.71. The fourth-order valence-electron chi connectivity index (χ4n) is 2.44. The van der Waals surface area contributed by atoms with Gasteiger partial charge in [0, 0.05) is 22.9 Å². The van der Waals surface area contributed by atoms with E-state index >= 15 is 0 Å². The number of allylic oxidation sites excluding steroid dienone is 2. The lowest BCUT2D eigenvalue weighted by molar-refractivity contribution is 0.0600. The van der Waals surface area contributed by atoms with Crippen molar-refractivity contribution in [3.05, 3.63) is 63.8 Å². The van der Waals surface area contributed by atoms with Gasteiger partial charge in [-0.15, -0.1) is 0 Å². The van der Waals surface area contributed by atoms with Crippen LogP contribution in [-0.4, -0.2) is 13.1 Å². The Labute approximate surface area is 129 Å². The van der Waals surface area contributed by atoms with Crippen molar-refractivity contribution in [3.8, 4) is 6.07 Å². The van der Waals surface area contributed by atoms with Gasteiger partial charge in [0.25, 0.3) is 0 Å². The van der Waals surface area contributed by atoms with Crippen molar-refractivity contribution in [2.75, 3.05) is 7.11 Å². The molecular weight excluding hydrogens is 278 g/mol. The quantitative estimate of drug-likeness (QED) is 0.672. The third-order valence-electron chi connectivity index (χ3n) is 3.65. The summed E-state index contributed by atoms with van der Waals surface area (Å²) >= 11 is 0. The van der Waals surface area contributed by atoms with E-state index in [-0.39, 0.29) is 5.92 Å². The summed E-state index contributed by atoms with van der Waals surface area (Å²) in [5.74, 6) is -0.655. The first-order chi connectivity index (χ1) is 10.5. The number of hydrogen-bond acceptors (Lipinski definition) is 4. The third kappa shape index (κ3) is 2.57. The Hall–Kier alpha value is -3.05. The second kappa shape index (κ2) is 6.15. The fraction of sp³-hybridized carbons (Fsp3) is 0.235. The van der Waals surface area contributed by atoms with Gasteiger partial charge in [0.05, 0.1) is 25.3 Å². The molecule has 110 valence electrons. The smallest absolute Gasteiger partial charge is 0.337 e. The van der Waals surface area contributed by atoms with E-state index in [1.54, 1.807) is 24.3 Å². The number of rotatable bonds is 2. The summed E-state index contributed by atoms with van der Waals surface area (Å²) in [5.41, 5.74) is 3.73. The molecule has 0 bridgehead atoms. The number of carbonyl (C=O) groups is 1. The monoisotopic (exact) mass is 293 g/mol. The molecule has 0 aliphatic carbocycles. The van der Waals surface area contributed by atoms with Crippen LogP contribution in [0.3, 0.4) is 0 Å². The van der Waals surface area contributed by atoms with Crippen molar-refractivity contribution >= 4 is 11.7 Å². The van der Waals surface area contributed by atoms with E-state index in [4.69, 9.17) is 6.57 Å². The van der Waals surface area contributed by atoms with E-state index in [0.717, 1.165) is 11.3 Å². The predicted octanol–water partition coefficient (Wildman–Crippen LogP) is 3.10. The number of dihydropyridines is 1. The number of nitrogens with zero attached hydrogens (tertiary/aromatic N) is 2. The molecule has 0 unspecified atom stereocenters. The number of nitrogens with one attached hydrogen (secondary N) is 1. The van der Waals surface area contributed by atoms with Crippen molar-refractivity contribution in [2.45, 2.75) is 13.8 Å². The first kappa shape index (κ1) is 15.3. The molecule has 0 radical (unpaired) electrons. The predicted molar refractivity (Wildman–Crippen MR) is 81.9 cm³/mol. The van der Waals surface area contributed by atoms with Crippen LogP contribution in [0.1, 0.15) is 29.8 Å². The molecule has 0 fully saturated rings. The maximum atomic E-state index is 11.5. The minimum atomic E-state index is -0.404. The van der Waals surface area contributed by atoms with Gasteiger partial charge < -0.3 is 10.1 Å². The van der Waals surface area contributed by atoms with Crippen LogP contribution in [0.25, 0.3) is 10.5 Å². The maximum Gasteiger partial charge on any atom is 0.337 e. The Kier molecular flexibility index (Phi) is 4.29. The zero-order valence-electron chi connectivity index (χ0n) is 12.6. The van der Waals surface area contributed by atoms with Crippen LogP contribution < -0.4 is 5.32 Å². The van der Waals surface area contributed by atoms with Gasteiger partial charge in [0.15, 0.2) is 5.70 Å². The van der Waals surface area contributed by atoms with Gasteiger partial charge in [0.1, 0.15) is 0 Å². The number of methoxy groups -OCH3 is 1. The van der Waals surface area contributed by atoms with Gasteiger partial charge in [-0.3, -0.25) is 0 Å². The average molecular weight is 293 g/mol. The molecule has 0 amide bonds. The molecule has 1 aliphatic rings. The zero-order valence-corrected chi connectivity index (χ0v) is 12.6. The fourth-order valence-corrected chi connectivity index (χ4v) is 2.44. The molecule has 1 aromatic rings. The second-order valence-electron chi connectivity index (χ2n) is 4.94. The molecule has 1 atom stereocenters.